The molecule has 0 unspecified atom stereocenters. The zero-order chi connectivity index (χ0) is 18.4. The van der Waals surface area contributed by atoms with Crippen LogP contribution in [-0.4, -0.2) is 48.5 Å². The highest BCUT2D eigenvalue weighted by Crippen LogP contribution is 2.30. The van der Waals surface area contributed by atoms with E-state index in [1.165, 1.54) is 20.3 Å². The molecule has 1 saturated heterocycles. The third-order valence-electron chi connectivity index (χ3n) is 4.52. The predicted octanol–water partition coefficient (Wildman–Crippen LogP) is 1.48. The van der Waals surface area contributed by atoms with Crippen molar-refractivity contribution in [2.24, 2.45) is 7.05 Å². The fourth-order valence-electron chi connectivity index (χ4n) is 3.21. The van der Waals surface area contributed by atoms with Gasteiger partial charge in [0.25, 0.3) is 0 Å². The fraction of sp³-hybridized carbons (Fsp3) is 0.533. The summed E-state index contributed by atoms with van der Waals surface area (Å²) in [4.78, 5) is 1.06. The molecule has 0 saturated carbocycles. The Kier molecular flexibility index (Phi) is 4.82. The quantitative estimate of drug-likeness (QED) is 0.754. The molecule has 0 amide bonds. The number of aryl methyl sites for hydroxylation is 2. The summed E-state index contributed by atoms with van der Waals surface area (Å²) in [6.45, 7) is 3.55. The molecule has 0 aromatic carbocycles. The number of rotatable bonds is 5. The van der Waals surface area contributed by atoms with E-state index < -0.39 is 25.9 Å². The number of hydrogen-bond donors (Lipinski definition) is 0. The van der Waals surface area contributed by atoms with Gasteiger partial charge in [0.2, 0.25) is 10.0 Å². The molecule has 0 N–H and O–H groups in total. The summed E-state index contributed by atoms with van der Waals surface area (Å²) in [6.07, 6.45) is 0.325. The van der Waals surface area contributed by atoms with Crippen LogP contribution < -0.4 is 0 Å². The van der Waals surface area contributed by atoms with Crippen molar-refractivity contribution in [3.63, 3.8) is 0 Å². The Morgan fingerprint density at radius 3 is 2.60 bits per heavy atom. The van der Waals surface area contributed by atoms with Gasteiger partial charge in [0.15, 0.2) is 9.84 Å². The van der Waals surface area contributed by atoms with Gasteiger partial charge in [-0.15, -0.1) is 11.3 Å². The lowest BCUT2D eigenvalue weighted by Gasteiger charge is -2.27. The molecule has 0 bridgehead atoms. The monoisotopic (exact) mass is 403 g/mol. The van der Waals surface area contributed by atoms with Crippen LogP contribution in [0.5, 0.6) is 0 Å². The van der Waals surface area contributed by atoms with Crippen molar-refractivity contribution in [1.82, 2.24) is 14.1 Å². The van der Waals surface area contributed by atoms with E-state index in [-0.39, 0.29) is 22.9 Å². The normalized spacial score (nSPS) is 20.4. The molecule has 1 atom stereocenters. The third kappa shape index (κ3) is 3.53. The first kappa shape index (κ1) is 18.6. The van der Waals surface area contributed by atoms with Crippen LogP contribution in [0.4, 0.5) is 0 Å². The van der Waals surface area contributed by atoms with Crippen LogP contribution in [-0.2, 0) is 33.5 Å². The van der Waals surface area contributed by atoms with E-state index in [4.69, 9.17) is 0 Å². The maximum atomic E-state index is 13.4. The topological polar surface area (TPSA) is 89.3 Å². The molecular weight excluding hydrogens is 382 g/mol. The lowest BCUT2D eigenvalue weighted by molar-refractivity contribution is 0.336. The van der Waals surface area contributed by atoms with Crippen LogP contribution in [0.1, 0.15) is 22.7 Å². The second kappa shape index (κ2) is 6.49. The first-order valence-corrected chi connectivity index (χ1v) is 12.0. The minimum absolute atomic E-state index is 0.0269. The second-order valence-corrected chi connectivity index (χ2v) is 11.4. The van der Waals surface area contributed by atoms with Gasteiger partial charge >= 0.3 is 0 Å². The first-order valence-electron chi connectivity index (χ1n) is 7.86. The summed E-state index contributed by atoms with van der Waals surface area (Å²) in [5.74, 6) is -0.102. The zero-order valence-electron chi connectivity index (χ0n) is 14.3. The van der Waals surface area contributed by atoms with Gasteiger partial charge in [-0.05, 0) is 31.7 Å². The Balaban J connectivity index is 2.07. The van der Waals surface area contributed by atoms with Crippen LogP contribution in [0.15, 0.2) is 22.4 Å². The minimum Gasteiger partial charge on any atom is -0.271 e. The maximum absolute atomic E-state index is 13.4. The van der Waals surface area contributed by atoms with Crippen LogP contribution in [0.25, 0.3) is 0 Å². The highest BCUT2D eigenvalue weighted by atomic mass is 32.2. The summed E-state index contributed by atoms with van der Waals surface area (Å²) in [7, 11) is -5.36. The molecule has 0 aliphatic carbocycles. The summed E-state index contributed by atoms with van der Waals surface area (Å²) >= 11 is 1.46. The molecule has 1 fully saturated rings. The van der Waals surface area contributed by atoms with Crippen molar-refractivity contribution in [2.45, 2.75) is 37.8 Å². The van der Waals surface area contributed by atoms with Crippen molar-refractivity contribution in [1.29, 1.82) is 0 Å². The zero-order valence-corrected chi connectivity index (χ0v) is 16.8. The van der Waals surface area contributed by atoms with E-state index in [9.17, 15) is 16.8 Å². The fourth-order valence-corrected chi connectivity index (χ4v) is 7.86. The summed E-state index contributed by atoms with van der Waals surface area (Å²) in [6, 6.07) is 3.17. The lowest BCUT2D eigenvalue weighted by Crippen LogP contribution is -2.40. The smallest absolute Gasteiger partial charge is 0.247 e. The standard InChI is InChI=1S/C15H21N3O4S3/c1-11-15(12(2)17(3)16-11)25(21,22)18(9-14-5-4-7-23-14)13-6-8-24(19,20)10-13/h4-5,7,13H,6,8-10H2,1-3H3/t13-/m0/s1. The van der Waals surface area contributed by atoms with Crippen molar-refractivity contribution in [3.05, 3.63) is 33.8 Å². The highest BCUT2D eigenvalue weighted by molar-refractivity contribution is 7.92. The number of thiophene rings is 1. The second-order valence-electron chi connectivity index (χ2n) is 6.31. The number of sulfonamides is 1. The average molecular weight is 404 g/mol. The van der Waals surface area contributed by atoms with Crippen LogP contribution >= 0.6 is 11.3 Å². The third-order valence-corrected chi connectivity index (χ3v) is 9.28. The van der Waals surface area contributed by atoms with Crippen molar-refractivity contribution >= 4 is 31.2 Å². The molecule has 1 aliphatic rings. The number of sulfone groups is 1. The maximum Gasteiger partial charge on any atom is 0.247 e. The van der Waals surface area contributed by atoms with Crippen LogP contribution in [0, 0.1) is 13.8 Å². The Labute approximate surface area is 152 Å². The molecule has 0 spiro atoms. The van der Waals surface area contributed by atoms with Crippen molar-refractivity contribution < 1.29 is 16.8 Å². The molecule has 2 aromatic heterocycles. The molecule has 2 aromatic rings. The van der Waals surface area contributed by atoms with Gasteiger partial charge in [-0.1, -0.05) is 6.07 Å². The van der Waals surface area contributed by atoms with Gasteiger partial charge in [0.1, 0.15) is 4.90 Å². The summed E-state index contributed by atoms with van der Waals surface area (Å²) < 4.78 is 53.5. The number of aromatic nitrogens is 2. The minimum atomic E-state index is -3.86. The number of nitrogens with zero attached hydrogens (tertiary/aromatic N) is 3. The van der Waals surface area contributed by atoms with Gasteiger partial charge < -0.3 is 0 Å². The lowest BCUT2D eigenvalue weighted by atomic mass is 10.2. The van der Waals surface area contributed by atoms with Gasteiger partial charge in [-0.3, -0.25) is 4.68 Å². The van der Waals surface area contributed by atoms with Gasteiger partial charge in [-0.2, -0.15) is 9.40 Å². The molecular formula is C15H21N3O4S3. The number of hydrogen-bond acceptors (Lipinski definition) is 6. The summed E-state index contributed by atoms with van der Waals surface area (Å²) in [5, 5.41) is 6.09. The van der Waals surface area contributed by atoms with E-state index >= 15 is 0 Å². The van der Waals surface area contributed by atoms with Gasteiger partial charge in [-0.25, -0.2) is 16.8 Å². The summed E-state index contributed by atoms with van der Waals surface area (Å²) in [5.41, 5.74) is 0.978. The Hall–Kier alpha value is -1.23. The molecule has 10 heteroatoms. The predicted molar refractivity (Wildman–Crippen MR) is 96.8 cm³/mol. The van der Waals surface area contributed by atoms with Gasteiger partial charge in [0.05, 0.1) is 22.9 Å². The molecule has 3 heterocycles. The first-order chi connectivity index (χ1) is 11.6. The Bertz CT molecular complexity index is 976. The molecule has 25 heavy (non-hydrogen) atoms. The van der Waals surface area contributed by atoms with E-state index in [0.717, 1.165) is 4.88 Å². The molecule has 3 rings (SSSR count). The average Bonchev–Trinajstić information content (AvgIpc) is 3.18. The molecule has 7 nitrogen and oxygen atoms in total. The van der Waals surface area contributed by atoms with Crippen LogP contribution in [0.2, 0.25) is 0 Å². The van der Waals surface area contributed by atoms with Crippen LogP contribution in [0.3, 0.4) is 0 Å². The Morgan fingerprint density at radius 2 is 2.12 bits per heavy atom. The molecule has 138 valence electrons. The Morgan fingerprint density at radius 1 is 1.40 bits per heavy atom. The van der Waals surface area contributed by atoms with Gasteiger partial charge in [0, 0.05) is 24.5 Å². The largest absolute Gasteiger partial charge is 0.271 e. The molecule has 1 aliphatic heterocycles. The van der Waals surface area contributed by atoms with Crippen molar-refractivity contribution in [3.8, 4) is 0 Å². The molecule has 0 radical (unpaired) electrons. The van der Waals surface area contributed by atoms with Crippen molar-refractivity contribution in [2.75, 3.05) is 11.5 Å². The van der Waals surface area contributed by atoms with E-state index in [0.29, 0.717) is 17.8 Å². The van der Waals surface area contributed by atoms with E-state index in [2.05, 4.69) is 5.10 Å². The van der Waals surface area contributed by atoms with E-state index in [1.807, 2.05) is 17.5 Å². The van der Waals surface area contributed by atoms with E-state index in [1.54, 1.807) is 20.9 Å². The highest BCUT2D eigenvalue weighted by Gasteiger charge is 2.40. The SMILES string of the molecule is Cc1nn(C)c(C)c1S(=O)(=O)N(Cc1cccs1)[C@H]1CCS(=O)(=O)C1.